The normalized spacial score (nSPS) is 21.0. The Morgan fingerprint density at radius 2 is 1.84 bits per heavy atom. The van der Waals surface area contributed by atoms with Gasteiger partial charge in [-0.15, -0.1) is 0 Å². The fourth-order valence-electron chi connectivity index (χ4n) is 3.11. The molecule has 0 bridgehead atoms. The van der Waals surface area contributed by atoms with Gasteiger partial charge < -0.3 is 40.2 Å². The van der Waals surface area contributed by atoms with E-state index in [0.29, 0.717) is 58.5 Å². The second-order valence-electron chi connectivity index (χ2n) is 7.34. The molecule has 178 valence electrons. The van der Waals surface area contributed by atoms with E-state index in [4.69, 9.17) is 24.7 Å². The van der Waals surface area contributed by atoms with Crippen LogP contribution in [0.3, 0.4) is 0 Å². The van der Waals surface area contributed by atoms with Gasteiger partial charge in [-0.05, 0) is 26.3 Å². The number of aliphatic hydroxyl groups excluding tert-OH is 2. The van der Waals surface area contributed by atoms with Crippen molar-refractivity contribution in [3.63, 3.8) is 0 Å². The maximum absolute atomic E-state index is 12.3. The quantitative estimate of drug-likeness (QED) is 0.243. The number of hydrogen-bond acceptors (Lipinski definition) is 10. The predicted molar refractivity (Wildman–Crippen MR) is 114 cm³/mol. The Bertz CT molecular complexity index is 688. The smallest absolute Gasteiger partial charge is 0.351 e. The molecule has 0 saturated carbocycles. The highest BCUT2D eigenvalue weighted by Gasteiger charge is 2.35. The molecule has 1 aliphatic heterocycles. The lowest BCUT2D eigenvalue weighted by molar-refractivity contribution is -0.0459. The van der Waals surface area contributed by atoms with Crippen molar-refractivity contribution in [1.82, 2.24) is 9.55 Å². The van der Waals surface area contributed by atoms with Gasteiger partial charge in [0.15, 0.2) is 0 Å². The van der Waals surface area contributed by atoms with Gasteiger partial charge in [0.25, 0.3) is 0 Å². The monoisotopic (exact) mass is 444 g/mol. The lowest BCUT2D eigenvalue weighted by Crippen LogP contribution is -2.29. The van der Waals surface area contributed by atoms with E-state index in [9.17, 15) is 15.0 Å². The van der Waals surface area contributed by atoms with Crippen molar-refractivity contribution < 1.29 is 29.2 Å². The SMILES string of the molecule is Cc1cn(C2CC(O)C(CO)O2)c(=O)nc1NCCCOCCOCCOCCCN. The third-order valence-corrected chi connectivity index (χ3v) is 4.82. The molecule has 31 heavy (non-hydrogen) atoms. The summed E-state index contributed by atoms with van der Waals surface area (Å²) in [6, 6.07) is 0. The molecule has 0 aliphatic carbocycles. The van der Waals surface area contributed by atoms with Crippen molar-refractivity contribution >= 4 is 5.82 Å². The number of aryl methyl sites for hydroxylation is 1. The molecule has 0 amide bonds. The van der Waals surface area contributed by atoms with Crippen LogP contribution in [0.15, 0.2) is 11.0 Å². The van der Waals surface area contributed by atoms with Crippen molar-refractivity contribution in [2.24, 2.45) is 5.73 Å². The van der Waals surface area contributed by atoms with Crippen LogP contribution < -0.4 is 16.7 Å². The summed E-state index contributed by atoms with van der Waals surface area (Å²) >= 11 is 0. The molecule has 1 saturated heterocycles. The zero-order valence-corrected chi connectivity index (χ0v) is 18.2. The first-order valence-corrected chi connectivity index (χ1v) is 10.8. The highest BCUT2D eigenvalue weighted by molar-refractivity contribution is 5.41. The van der Waals surface area contributed by atoms with Gasteiger partial charge in [0.05, 0.1) is 39.1 Å². The fourth-order valence-corrected chi connectivity index (χ4v) is 3.11. The van der Waals surface area contributed by atoms with Gasteiger partial charge in [0.2, 0.25) is 0 Å². The Morgan fingerprint density at radius 1 is 1.19 bits per heavy atom. The highest BCUT2D eigenvalue weighted by atomic mass is 16.5. The zero-order valence-electron chi connectivity index (χ0n) is 18.2. The summed E-state index contributed by atoms with van der Waals surface area (Å²) in [6.45, 7) is 6.14. The molecular formula is C20H36N4O7. The molecule has 1 fully saturated rings. The van der Waals surface area contributed by atoms with E-state index in [-0.39, 0.29) is 13.0 Å². The molecule has 3 unspecified atom stereocenters. The van der Waals surface area contributed by atoms with Crippen molar-refractivity contribution in [3.05, 3.63) is 22.2 Å². The van der Waals surface area contributed by atoms with E-state index in [0.717, 1.165) is 18.4 Å². The average molecular weight is 445 g/mol. The molecule has 0 aromatic carbocycles. The van der Waals surface area contributed by atoms with Crippen LogP contribution in [-0.2, 0) is 18.9 Å². The van der Waals surface area contributed by atoms with E-state index in [1.165, 1.54) is 4.57 Å². The van der Waals surface area contributed by atoms with Gasteiger partial charge in [-0.1, -0.05) is 0 Å². The van der Waals surface area contributed by atoms with E-state index < -0.39 is 24.1 Å². The maximum atomic E-state index is 12.3. The topological polar surface area (TPSA) is 150 Å². The molecule has 11 heteroatoms. The van der Waals surface area contributed by atoms with E-state index in [2.05, 4.69) is 10.3 Å². The Hall–Kier alpha value is -1.60. The van der Waals surface area contributed by atoms with Crippen LogP contribution >= 0.6 is 0 Å². The van der Waals surface area contributed by atoms with Crippen molar-refractivity contribution in [1.29, 1.82) is 0 Å². The largest absolute Gasteiger partial charge is 0.394 e. The number of nitrogens with zero attached hydrogens (tertiary/aromatic N) is 2. The molecule has 0 spiro atoms. The highest BCUT2D eigenvalue weighted by Crippen LogP contribution is 2.27. The first-order valence-electron chi connectivity index (χ1n) is 10.8. The third kappa shape index (κ3) is 8.81. The fraction of sp³-hybridized carbons (Fsp3) is 0.800. The minimum Gasteiger partial charge on any atom is -0.394 e. The van der Waals surface area contributed by atoms with Gasteiger partial charge in [0, 0.05) is 37.9 Å². The lowest BCUT2D eigenvalue weighted by atomic mass is 10.2. The van der Waals surface area contributed by atoms with Gasteiger partial charge >= 0.3 is 5.69 Å². The summed E-state index contributed by atoms with van der Waals surface area (Å²) in [5.41, 5.74) is 5.70. The van der Waals surface area contributed by atoms with Crippen molar-refractivity contribution in [3.8, 4) is 0 Å². The Morgan fingerprint density at radius 3 is 2.45 bits per heavy atom. The summed E-state index contributed by atoms with van der Waals surface area (Å²) in [5.74, 6) is 0.511. The van der Waals surface area contributed by atoms with Gasteiger partial charge in [-0.25, -0.2) is 4.79 Å². The molecule has 2 heterocycles. The van der Waals surface area contributed by atoms with Gasteiger partial charge in [-0.2, -0.15) is 4.98 Å². The maximum Gasteiger partial charge on any atom is 0.351 e. The molecular weight excluding hydrogens is 408 g/mol. The van der Waals surface area contributed by atoms with Crippen molar-refractivity contribution in [2.45, 2.75) is 44.6 Å². The number of aliphatic hydroxyl groups is 2. The number of aromatic nitrogens is 2. The first-order chi connectivity index (χ1) is 15.1. The Kier molecular flexibility index (Phi) is 12.0. The first kappa shape index (κ1) is 25.7. The number of rotatable bonds is 16. The van der Waals surface area contributed by atoms with Crippen LogP contribution in [0, 0.1) is 6.92 Å². The number of hydrogen-bond donors (Lipinski definition) is 4. The van der Waals surface area contributed by atoms with Crippen LogP contribution in [0.2, 0.25) is 0 Å². The summed E-state index contributed by atoms with van der Waals surface area (Å²) in [6.07, 6.45) is 1.38. The van der Waals surface area contributed by atoms with E-state index in [1.807, 2.05) is 6.92 Å². The molecule has 1 aliphatic rings. The summed E-state index contributed by atoms with van der Waals surface area (Å²) in [4.78, 5) is 16.4. The van der Waals surface area contributed by atoms with Crippen LogP contribution in [0.1, 0.15) is 31.1 Å². The molecule has 1 aromatic heterocycles. The minimum absolute atomic E-state index is 0.237. The molecule has 5 N–H and O–H groups in total. The Labute approximate surface area is 182 Å². The van der Waals surface area contributed by atoms with Crippen LogP contribution in [0.25, 0.3) is 0 Å². The number of nitrogens with two attached hydrogens (primary N) is 1. The van der Waals surface area contributed by atoms with Gasteiger partial charge in [0.1, 0.15) is 18.1 Å². The van der Waals surface area contributed by atoms with Crippen LogP contribution in [-0.4, -0.2) is 91.3 Å². The second-order valence-corrected chi connectivity index (χ2v) is 7.34. The van der Waals surface area contributed by atoms with Crippen LogP contribution in [0.4, 0.5) is 5.82 Å². The molecule has 11 nitrogen and oxygen atoms in total. The van der Waals surface area contributed by atoms with Crippen LogP contribution in [0.5, 0.6) is 0 Å². The average Bonchev–Trinajstić information content (AvgIpc) is 3.13. The number of nitrogens with one attached hydrogen (secondary N) is 1. The predicted octanol–water partition coefficient (Wildman–Crippen LogP) is -0.607. The summed E-state index contributed by atoms with van der Waals surface area (Å²) in [5, 5.41) is 22.2. The minimum atomic E-state index is -0.805. The van der Waals surface area contributed by atoms with Crippen molar-refractivity contribution in [2.75, 3.05) is 64.7 Å². The molecule has 0 radical (unpaired) electrons. The zero-order chi connectivity index (χ0) is 22.5. The summed E-state index contributed by atoms with van der Waals surface area (Å²) < 4.78 is 23.1. The Balaban J connectivity index is 1.60. The molecule has 3 atom stereocenters. The third-order valence-electron chi connectivity index (χ3n) is 4.82. The van der Waals surface area contributed by atoms with Gasteiger partial charge in [-0.3, -0.25) is 4.57 Å². The van der Waals surface area contributed by atoms with E-state index >= 15 is 0 Å². The van der Waals surface area contributed by atoms with E-state index in [1.54, 1.807) is 6.20 Å². The molecule has 2 rings (SSSR count). The second kappa shape index (κ2) is 14.5. The standard InChI is InChI=1S/C20H36N4O7/c1-15-13-24(18-12-16(26)17(14-25)31-18)20(27)23-19(15)22-5-3-7-29-9-11-30-10-8-28-6-2-4-21/h13,16-18,25-26H,2-12,14,21H2,1H3,(H,22,23,27). The molecule has 1 aromatic rings. The number of anilines is 1. The number of ether oxygens (including phenoxy) is 4. The lowest BCUT2D eigenvalue weighted by Gasteiger charge is -2.16. The summed E-state index contributed by atoms with van der Waals surface area (Å²) in [7, 11) is 0.